The van der Waals surface area contributed by atoms with Crippen LogP contribution in [0.15, 0.2) is 0 Å². The summed E-state index contributed by atoms with van der Waals surface area (Å²) in [6, 6.07) is 0. The van der Waals surface area contributed by atoms with Crippen LogP contribution in [0.5, 0.6) is 0 Å². The van der Waals surface area contributed by atoms with E-state index in [2.05, 4.69) is 0 Å². The molecular weight excluding hydrogens is 1470 g/mol. The molecule has 0 bridgehead atoms. The maximum absolute atomic E-state index is 10.8. The molecule has 0 rings (SSSR count). The molecule has 0 aliphatic rings. The summed E-state index contributed by atoms with van der Waals surface area (Å²) in [6.07, 6.45) is -0.793. The predicted octanol–water partition coefficient (Wildman–Crippen LogP) is 11.3. The molecular formula is C64H186Ge3O30. The Labute approximate surface area is 619 Å². The zero-order valence-corrected chi connectivity index (χ0v) is 53.1. The number of rotatable bonds is 50. The summed E-state index contributed by atoms with van der Waals surface area (Å²) >= 11 is -8.80. The zero-order chi connectivity index (χ0) is 55.9. The molecule has 0 aliphatic heterocycles. The summed E-state index contributed by atoms with van der Waals surface area (Å²) in [5.74, 6) is -5.04. The van der Waals surface area contributed by atoms with E-state index in [4.69, 9.17) is 118 Å². The van der Waals surface area contributed by atoms with E-state index in [0.717, 1.165) is 0 Å². The quantitative estimate of drug-likeness (QED) is 0.0187. The van der Waals surface area contributed by atoms with Crippen LogP contribution in [-0.2, 0) is 97.4 Å². The first-order chi connectivity index (χ1) is 34.9. The van der Waals surface area contributed by atoms with Crippen molar-refractivity contribution >= 4 is 44.3 Å². The van der Waals surface area contributed by atoms with Gasteiger partial charge in [-0.25, -0.2) is 0 Å². The Morgan fingerprint density at radius 2 is 0.670 bits per heavy atom. The average molecular weight is 1650 g/mol. The summed E-state index contributed by atoms with van der Waals surface area (Å²) < 4.78 is 119. The summed E-state index contributed by atoms with van der Waals surface area (Å²) in [4.78, 5) is 0. The number of hydrogen-bond donors (Lipinski definition) is 6. The largest absolute Gasteiger partial charge is 0.412 e. The van der Waals surface area contributed by atoms with Crippen LogP contribution in [0.3, 0.4) is 0 Å². The second-order valence-corrected chi connectivity index (χ2v) is 28.5. The fourth-order valence-electron chi connectivity index (χ4n) is 5.09. The standard InChI is InChI=1S/C29H63Ge2O19.C7H16O4.C6H15GeO5.22CH4.2H2O/c1-25(45-15-16-47-29(36-5,37-6)21-30(38-7)49-24-46-27(3)19-41-12-10-32)18-42-14-17-50-31(39-8,40-9)22-28(34,35-4)48-23-43-20-26(2)44-13-11-33;1-7(11-5-3-9)6-10-4-2-8;1-9-6(8,10-2)5-7(11-3)12-4;;;;;;;;;;;;;;;;;;;;;;;;/h25-27,32-34H,10-24H2,1-9H3;7-9H,2-6H2,1H3;8H,5H2,1-4H3;22*1H4;2*1H2. The van der Waals surface area contributed by atoms with Gasteiger partial charge in [-0.05, 0) is 6.92 Å². The molecule has 5 atom stereocenters. The third-order valence-electron chi connectivity index (χ3n) is 9.22. The van der Waals surface area contributed by atoms with E-state index in [9.17, 15) is 10.2 Å². The van der Waals surface area contributed by atoms with Crippen molar-refractivity contribution in [3.8, 4) is 0 Å². The van der Waals surface area contributed by atoms with Gasteiger partial charge in [0, 0.05) is 0 Å². The molecule has 2 radical (unpaired) electrons. The second-order valence-electron chi connectivity index (χ2n) is 14.8. The molecule has 97 heavy (non-hydrogen) atoms. The Hall–Kier alpha value is 0.429. The number of aliphatic hydroxyl groups excluding tert-OH is 4. The van der Waals surface area contributed by atoms with Crippen molar-refractivity contribution < 1.29 is 139 Å². The van der Waals surface area contributed by atoms with E-state index in [0.29, 0.717) is 26.4 Å². The summed E-state index contributed by atoms with van der Waals surface area (Å²) in [5.41, 5.74) is 0. The van der Waals surface area contributed by atoms with Gasteiger partial charge < -0.3 is 30.6 Å². The maximum atomic E-state index is 10.8. The van der Waals surface area contributed by atoms with Crippen molar-refractivity contribution in [1.82, 2.24) is 0 Å². The molecule has 0 aromatic rings. The van der Waals surface area contributed by atoms with Crippen LogP contribution in [0.25, 0.3) is 0 Å². The zero-order valence-electron chi connectivity index (χ0n) is 46.8. The van der Waals surface area contributed by atoms with Crippen LogP contribution in [-0.4, -0.2) is 319 Å². The molecule has 0 spiro atoms. The molecule has 0 fully saturated rings. The molecule has 0 aromatic carbocycles. The van der Waals surface area contributed by atoms with Gasteiger partial charge in [0.1, 0.15) is 0 Å². The van der Waals surface area contributed by atoms with E-state index in [-0.39, 0.29) is 307 Å². The van der Waals surface area contributed by atoms with E-state index < -0.39 is 62.2 Å². The van der Waals surface area contributed by atoms with Crippen LogP contribution >= 0.6 is 0 Å². The normalized spacial score (nSPS) is 11.2. The molecule has 0 amide bonds. The molecule has 634 valence electrons. The molecule has 0 aliphatic carbocycles. The fourth-order valence-corrected chi connectivity index (χ4v) is 14.3. The third kappa shape index (κ3) is 101. The molecule has 5 unspecified atom stereocenters. The fraction of sp³-hybridized carbons (Fsp3) is 1.00. The Morgan fingerprint density at radius 1 is 0.340 bits per heavy atom. The van der Waals surface area contributed by atoms with Gasteiger partial charge in [-0.15, -0.1) is 0 Å². The molecule has 0 aromatic heterocycles. The Balaban J connectivity index is -0.0000000361. The first-order valence-corrected chi connectivity index (χ1v) is 33.7. The monoisotopic (exact) mass is 1660 g/mol. The van der Waals surface area contributed by atoms with Gasteiger partial charge in [-0.3, -0.25) is 0 Å². The Morgan fingerprint density at radius 3 is 0.990 bits per heavy atom. The molecule has 0 saturated heterocycles. The Kier molecular flexibility index (Phi) is 227. The number of ether oxygens (including phenoxy) is 15. The van der Waals surface area contributed by atoms with Gasteiger partial charge in [-0.1, -0.05) is 163 Å². The van der Waals surface area contributed by atoms with Crippen LogP contribution < -0.4 is 0 Å². The second kappa shape index (κ2) is 120. The van der Waals surface area contributed by atoms with Crippen molar-refractivity contribution in [3.05, 3.63) is 0 Å². The van der Waals surface area contributed by atoms with Gasteiger partial charge in [-0.2, -0.15) is 0 Å². The van der Waals surface area contributed by atoms with Gasteiger partial charge in [0.15, 0.2) is 0 Å². The van der Waals surface area contributed by atoms with Crippen molar-refractivity contribution in [3.63, 3.8) is 0 Å². The van der Waals surface area contributed by atoms with Gasteiger partial charge in [0.25, 0.3) is 0 Å². The summed E-state index contributed by atoms with van der Waals surface area (Å²) in [5, 5.41) is 55.0. The van der Waals surface area contributed by atoms with Crippen molar-refractivity contribution in [2.24, 2.45) is 0 Å². The first-order valence-electron chi connectivity index (χ1n) is 23.3. The maximum Gasteiger partial charge on any atom is -0.412 e. The minimum atomic E-state index is -4.06. The summed E-state index contributed by atoms with van der Waals surface area (Å²) in [7, 11) is 14.4. The number of methoxy groups -OCH3 is 5. The Bertz CT molecular complexity index is 1170. The van der Waals surface area contributed by atoms with Gasteiger partial charge in [0.2, 0.25) is 0 Å². The van der Waals surface area contributed by atoms with Crippen molar-refractivity contribution in [2.75, 3.05) is 190 Å². The first kappa shape index (κ1) is 183. The number of hydrogen-bond acceptors (Lipinski definition) is 28. The molecule has 10 N–H and O–H groups in total. The minimum absolute atomic E-state index is 0. The predicted molar refractivity (Wildman–Crippen MR) is 417 cm³/mol. The van der Waals surface area contributed by atoms with Crippen LogP contribution in [0.4, 0.5) is 0 Å². The van der Waals surface area contributed by atoms with Crippen LogP contribution in [0.2, 0.25) is 15.8 Å². The van der Waals surface area contributed by atoms with E-state index in [1.165, 1.54) is 49.8 Å². The van der Waals surface area contributed by atoms with Gasteiger partial charge in [0.05, 0.1) is 39.1 Å². The molecule has 0 saturated carbocycles. The van der Waals surface area contributed by atoms with Gasteiger partial charge >= 0.3 is 383 Å². The van der Waals surface area contributed by atoms with Crippen molar-refractivity contribution in [1.29, 1.82) is 0 Å². The number of aliphatic hydroxyl groups is 6. The van der Waals surface area contributed by atoms with Crippen LogP contribution in [0.1, 0.15) is 191 Å². The van der Waals surface area contributed by atoms with E-state index >= 15 is 0 Å². The summed E-state index contributed by atoms with van der Waals surface area (Å²) in [6.45, 7) is 9.99. The molecule has 0 heterocycles. The SMILES string of the molecule is C.C.C.C.C.C.C.C.C.C.C.C.C.C.C.C.C.C.C.C.C.C.CC(COCCO)OCCO.C[O][Ge]([CH2]C(O)(OC)OC)[O]C.C[O][Ge]([CH2]C(OC)(OC)OCCOC(C)COCC[O][Ge]([CH2]C(O)(OC)OCOCC(C)OCCO)([O]C)[O]C)[O]COC(C)COCCO.O.O. The smallest absolute Gasteiger partial charge is 0.412 e. The van der Waals surface area contributed by atoms with E-state index in [1.807, 2.05) is 20.8 Å². The van der Waals surface area contributed by atoms with Crippen molar-refractivity contribution in [2.45, 2.75) is 249 Å². The van der Waals surface area contributed by atoms with Crippen LogP contribution in [0, 0.1) is 0 Å². The van der Waals surface area contributed by atoms with E-state index in [1.54, 1.807) is 28.3 Å². The molecule has 33 heteroatoms. The third-order valence-corrected chi connectivity index (χ3v) is 21.9. The molecule has 30 nitrogen and oxygen atoms in total. The average Bonchev–Trinajstić information content (AvgIpc) is 3.40. The topological polar surface area (TPSA) is 387 Å². The minimum Gasteiger partial charge on any atom is -0.412 e.